The first-order valence-corrected chi connectivity index (χ1v) is 7.34. The lowest BCUT2D eigenvalue weighted by molar-refractivity contribution is -0.114. The molecule has 1 aromatic carbocycles. The van der Waals surface area contributed by atoms with E-state index in [1.165, 1.54) is 11.7 Å². The molecule has 0 unspecified atom stereocenters. The van der Waals surface area contributed by atoms with Crippen molar-refractivity contribution in [2.24, 2.45) is 0 Å². The van der Waals surface area contributed by atoms with Crippen molar-refractivity contribution in [3.05, 3.63) is 35.4 Å². The third-order valence-electron chi connectivity index (χ3n) is 3.26. The van der Waals surface area contributed by atoms with Gasteiger partial charge in [-0.2, -0.15) is 0 Å². The number of benzene rings is 1. The van der Waals surface area contributed by atoms with E-state index in [0.29, 0.717) is 27.9 Å². The van der Waals surface area contributed by atoms with Gasteiger partial charge in [-0.1, -0.05) is 11.6 Å². The predicted molar refractivity (Wildman–Crippen MR) is 88.5 cm³/mol. The SMILES string of the molecule is COc1ccc(Cl)cc1NC(=O)CN(C)c1ccc2nnnn2n1. The molecule has 0 fully saturated rings. The van der Waals surface area contributed by atoms with Crippen LogP contribution in [0.3, 0.4) is 0 Å². The summed E-state index contributed by atoms with van der Waals surface area (Å²) < 4.78 is 6.50. The zero-order chi connectivity index (χ0) is 17.1. The number of hydrogen-bond donors (Lipinski definition) is 1. The molecule has 0 saturated heterocycles. The number of methoxy groups -OCH3 is 1. The van der Waals surface area contributed by atoms with Crippen LogP contribution in [0.1, 0.15) is 0 Å². The molecule has 0 aliphatic heterocycles. The Bertz CT molecular complexity index is 882. The van der Waals surface area contributed by atoms with Crippen molar-refractivity contribution in [2.45, 2.75) is 0 Å². The van der Waals surface area contributed by atoms with Gasteiger partial charge in [0.25, 0.3) is 0 Å². The van der Waals surface area contributed by atoms with Crippen LogP contribution in [0.2, 0.25) is 5.02 Å². The lowest BCUT2D eigenvalue weighted by atomic mass is 10.3. The Balaban J connectivity index is 1.71. The Labute approximate surface area is 142 Å². The summed E-state index contributed by atoms with van der Waals surface area (Å²) in [5.41, 5.74) is 1.03. The summed E-state index contributed by atoms with van der Waals surface area (Å²) in [6.45, 7) is 0.0797. The van der Waals surface area contributed by atoms with Crippen LogP contribution in [-0.2, 0) is 4.79 Å². The summed E-state index contributed by atoms with van der Waals surface area (Å²) in [5, 5.41) is 18.5. The molecule has 0 bridgehead atoms. The predicted octanol–water partition coefficient (Wildman–Crippen LogP) is 1.26. The van der Waals surface area contributed by atoms with E-state index in [2.05, 4.69) is 25.9 Å². The average molecular weight is 348 g/mol. The molecule has 1 N–H and O–H groups in total. The number of hydrogen-bond acceptors (Lipinski definition) is 7. The number of aromatic nitrogens is 5. The maximum atomic E-state index is 12.3. The van der Waals surface area contributed by atoms with Gasteiger partial charge in [-0.3, -0.25) is 4.79 Å². The van der Waals surface area contributed by atoms with E-state index in [9.17, 15) is 4.79 Å². The minimum atomic E-state index is -0.239. The fraction of sp³-hybridized carbons (Fsp3) is 0.214. The number of halogens is 1. The van der Waals surface area contributed by atoms with Crippen LogP contribution in [0.25, 0.3) is 5.65 Å². The third kappa shape index (κ3) is 3.35. The number of ether oxygens (including phenoxy) is 1. The molecule has 2 aromatic heterocycles. The highest BCUT2D eigenvalue weighted by molar-refractivity contribution is 6.31. The van der Waals surface area contributed by atoms with Gasteiger partial charge in [0.2, 0.25) is 5.91 Å². The van der Waals surface area contributed by atoms with Gasteiger partial charge in [-0.15, -0.1) is 14.8 Å². The molecular formula is C14H14ClN7O2. The Hall–Kier alpha value is -2.94. The van der Waals surface area contributed by atoms with E-state index in [-0.39, 0.29) is 12.5 Å². The first kappa shape index (κ1) is 15.9. The van der Waals surface area contributed by atoms with E-state index < -0.39 is 0 Å². The smallest absolute Gasteiger partial charge is 0.244 e. The first-order valence-electron chi connectivity index (χ1n) is 6.97. The van der Waals surface area contributed by atoms with Crippen molar-refractivity contribution in [2.75, 3.05) is 30.9 Å². The van der Waals surface area contributed by atoms with Gasteiger partial charge in [-0.05, 0) is 40.8 Å². The molecule has 124 valence electrons. The first-order chi connectivity index (χ1) is 11.6. The standard InChI is InChI=1S/C14H14ClN7O2/c1-21(13-6-5-12-17-19-20-22(12)18-13)8-14(23)16-10-7-9(15)3-4-11(10)24-2/h3-7H,8H2,1-2H3,(H,16,23). The zero-order valence-electron chi connectivity index (χ0n) is 13.0. The minimum Gasteiger partial charge on any atom is -0.495 e. The average Bonchev–Trinajstić information content (AvgIpc) is 3.02. The van der Waals surface area contributed by atoms with Crippen molar-refractivity contribution in [3.63, 3.8) is 0 Å². The molecule has 0 aliphatic rings. The van der Waals surface area contributed by atoms with Gasteiger partial charge in [-0.25, -0.2) is 0 Å². The van der Waals surface area contributed by atoms with E-state index in [0.717, 1.165) is 0 Å². The topological polar surface area (TPSA) is 97.5 Å². The second-order valence-electron chi connectivity index (χ2n) is 4.97. The number of carbonyl (C=O) groups is 1. The Kier molecular flexibility index (Phi) is 4.43. The molecule has 0 saturated carbocycles. The number of amides is 1. The van der Waals surface area contributed by atoms with Crippen LogP contribution in [0.5, 0.6) is 5.75 Å². The number of nitrogens with zero attached hydrogens (tertiary/aromatic N) is 6. The van der Waals surface area contributed by atoms with Crippen LogP contribution in [0.15, 0.2) is 30.3 Å². The second-order valence-corrected chi connectivity index (χ2v) is 5.40. The van der Waals surface area contributed by atoms with E-state index in [1.807, 2.05) is 0 Å². The number of carbonyl (C=O) groups excluding carboxylic acids is 1. The highest BCUT2D eigenvalue weighted by atomic mass is 35.5. The molecule has 1 amide bonds. The van der Waals surface area contributed by atoms with Gasteiger partial charge in [0.15, 0.2) is 11.5 Å². The molecule has 0 atom stereocenters. The fourth-order valence-corrected chi connectivity index (χ4v) is 2.28. The van der Waals surface area contributed by atoms with E-state index in [1.54, 1.807) is 42.3 Å². The Morgan fingerprint density at radius 1 is 1.38 bits per heavy atom. The highest BCUT2D eigenvalue weighted by Gasteiger charge is 2.13. The third-order valence-corrected chi connectivity index (χ3v) is 3.50. The molecule has 2 heterocycles. The summed E-state index contributed by atoms with van der Waals surface area (Å²) >= 11 is 5.95. The van der Waals surface area contributed by atoms with Gasteiger partial charge in [0.1, 0.15) is 5.75 Å². The highest BCUT2D eigenvalue weighted by Crippen LogP contribution is 2.27. The number of anilines is 2. The largest absolute Gasteiger partial charge is 0.495 e. The summed E-state index contributed by atoms with van der Waals surface area (Å²) in [4.78, 5) is 13.9. The molecule has 0 radical (unpaired) electrons. The molecule has 10 heteroatoms. The van der Waals surface area contributed by atoms with Crippen LogP contribution >= 0.6 is 11.6 Å². The van der Waals surface area contributed by atoms with Crippen LogP contribution in [0, 0.1) is 0 Å². The Morgan fingerprint density at radius 3 is 3.00 bits per heavy atom. The number of nitrogens with one attached hydrogen (secondary N) is 1. The molecule has 3 aromatic rings. The van der Waals surface area contributed by atoms with E-state index in [4.69, 9.17) is 16.3 Å². The lowest BCUT2D eigenvalue weighted by Crippen LogP contribution is -2.31. The summed E-state index contributed by atoms with van der Waals surface area (Å²) in [6, 6.07) is 8.46. The molecule has 0 aliphatic carbocycles. The second kappa shape index (κ2) is 6.67. The summed E-state index contributed by atoms with van der Waals surface area (Å²) in [7, 11) is 3.27. The quantitative estimate of drug-likeness (QED) is 0.741. The summed E-state index contributed by atoms with van der Waals surface area (Å²) in [5.74, 6) is 0.850. The molecular weight excluding hydrogens is 334 g/mol. The van der Waals surface area contributed by atoms with Crippen LogP contribution in [0.4, 0.5) is 11.5 Å². The van der Waals surface area contributed by atoms with Gasteiger partial charge in [0, 0.05) is 12.1 Å². The van der Waals surface area contributed by atoms with Gasteiger partial charge >= 0.3 is 0 Å². The van der Waals surface area contributed by atoms with Crippen molar-refractivity contribution < 1.29 is 9.53 Å². The van der Waals surface area contributed by atoms with Crippen LogP contribution < -0.4 is 15.0 Å². The normalized spacial score (nSPS) is 10.6. The van der Waals surface area contributed by atoms with Gasteiger partial charge < -0.3 is 15.0 Å². The van der Waals surface area contributed by atoms with Crippen molar-refractivity contribution in [1.29, 1.82) is 0 Å². The van der Waals surface area contributed by atoms with Crippen LogP contribution in [-0.4, -0.2) is 51.9 Å². The lowest BCUT2D eigenvalue weighted by Gasteiger charge is -2.18. The fourth-order valence-electron chi connectivity index (χ4n) is 2.11. The van der Waals surface area contributed by atoms with Crippen molar-refractivity contribution in [3.8, 4) is 5.75 Å². The van der Waals surface area contributed by atoms with Gasteiger partial charge in [0.05, 0.1) is 19.3 Å². The van der Waals surface area contributed by atoms with E-state index >= 15 is 0 Å². The minimum absolute atomic E-state index is 0.0797. The maximum Gasteiger partial charge on any atom is 0.244 e. The number of tetrazole rings is 1. The zero-order valence-corrected chi connectivity index (χ0v) is 13.7. The summed E-state index contributed by atoms with van der Waals surface area (Å²) in [6.07, 6.45) is 0. The number of fused-ring (bicyclic) bond motifs is 1. The number of rotatable bonds is 5. The monoisotopic (exact) mass is 347 g/mol. The maximum absolute atomic E-state index is 12.3. The van der Waals surface area contributed by atoms with Crippen molar-refractivity contribution >= 4 is 34.7 Å². The number of likely N-dealkylation sites (N-methyl/N-ethyl adjacent to an activating group) is 1. The molecule has 3 rings (SSSR count). The van der Waals surface area contributed by atoms with Crippen molar-refractivity contribution in [1.82, 2.24) is 25.3 Å². The Morgan fingerprint density at radius 2 is 2.21 bits per heavy atom. The molecule has 24 heavy (non-hydrogen) atoms. The molecule has 9 nitrogen and oxygen atoms in total. The molecule has 0 spiro atoms.